The number of imidazole rings is 1. The summed E-state index contributed by atoms with van der Waals surface area (Å²) in [6.45, 7) is 2.09. The molecule has 3 rings (SSSR count). The molecule has 2 heterocycles. The van der Waals surface area contributed by atoms with E-state index in [1.807, 2.05) is 12.1 Å². The molecule has 0 saturated heterocycles. The Morgan fingerprint density at radius 3 is 2.69 bits per heavy atom. The first-order valence-electron chi connectivity index (χ1n) is 4.93. The summed E-state index contributed by atoms with van der Waals surface area (Å²) in [6, 6.07) is 8.23. The Labute approximate surface area is 106 Å². The van der Waals surface area contributed by atoms with Crippen LogP contribution in [-0.4, -0.2) is 9.38 Å². The van der Waals surface area contributed by atoms with E-state index in [4.69, 9.17) is 0 Å². The fourth-order valence-corrected chi connectivity index (χ4v) is 2.77. The molecule has 0 atom stereocenters. The molecule has 2 aromatic heterocycles. The maximum atomic E-state index is 4.60. The molecule has 0 fully saturated rings. The van der Waals surface area contributed by atoms with Crippen LogP contribution < -0.4 is 0 Å². The van der Waals surface area contributed by atoms with Crippen molar-refractivity contribution in [1.29, 1.82) is 0 Å². The first-order valence-corrected chi connectivity index (χ1v) is 6.60. The third-order valence-electron chi connectivity index (χ3n) is 2.53. The molecule has 0 spiro atoms. The minimum absolute atomic E-state index is 1.03. The second-order valence-electron chi connectivity index (χ2n) is 3.66. The van der Waals surface area contributed by atoms with Gasteiger partial charge in [0.2, 0.25) is 0 Å². The fourth-order valence-electron chi connectivity index (χ4n) is 1.65. The number of nitrogens with zero attached hydrogens (tertiary/aromatic N) is 2. The Balaban J connectivity index is 2.15. The molecular formula is C12H9BrN2S. The molecule has 0 unspecified atom stereocenters. The Hall–Kier alpha value is -1.13. The van der Waals surface area contributed by atoms with E-state index in [1.165, 1.54) is 5.69 Å². The number of aryl methyl sites for hydroxylation is 1. The zero-order valence-electron chi connectivity index (χ0n) is 8.64. The molecule has 0 saturated carbocycles. The molecule has 80 valence electrons. The zero-order chi connectivity index (χ0) is 11.1. The van der Waals surface area contributed by atoms with Crippen LogP contribution in [0.1, 0.15) is 5.69 Å². The summed E-state index contributed by atoms with van der Waals surface area (Å²) in [5, 5.41) is 2.12. The van der Waals surface area contributed by atoms with E-state index in [2.05, 4.69) is 55.9 Å². The van der Waals surface area contributed by atoms with Crippen molar-refractivity contribution in [3.63, 3.8) is 0 Å². The number of fused-ring (bicyclic) bond motifs is 1. The summed E-state index contributed by atoms with van der Waals surface area (Å²) < 4.78 is 3.22. The Bertz CT molecular complexity index is 637. The lowest BCUT2D eigenvalue weighted by atomic mass is 10.2. The monoisotopic (exact) mass is 292 g/mol. The van der Waals surface area contributed by atoms with Gasteiger partial charge in [-0.25, -0.2) is 4.98 Å². The predicted molar refractivity (Wildman–Crippen MR) is 70.9 cm³/mol. The molecule has 3 aromatic rings. The maximum Gasteiger partial charge on any atom is 0.194 e. The summed E-state index contributed by atoms with van der Waals surface area (Å²) in [4.78, 5) is 5.65. The van der Waals surface area contributed by atoms with Crippen molar-refractivity contribution in [3.05, 3.63) is 46.0 Å². The summed E-state index contributed by atoms with van der Waals surface area (Å²) in [6.07, 6.45) is 2.09. The standard InChI is InChI=1S/C12H9BrN2S/c1-8-7-16-12-14-11(6-15(8)12)9-2-4-10(13)5-3-9/h2-7H,1H3. The Morgan fingerprint density at radius 1 is 1.25 bits per heavy atom. The summed E-state index contributed by atoms with van der Waals surface area (Å²) >= 11 is 5.11. The minimum atomic E-state index is 1.03. The highest BCUT2D eigenvalue weighted by atomic mass is 79.9. The van der Waals surface area contributed by atoms with Crippen molar-refractivity contribution in [1.82, 2.24) is 9.38 Å². The van der Waals surface area contributed by atoms with Crippen molar-refractivity contribution in [2.75, 3.05) is 0 Å². The van der Waals surface area contributed by atoms with Gasteiger partial charge in [-0.2, -0.15) is 0 Å². The van der Waals surface area contributed by atoms with Crippen molar-refractivity contribution in [2.45, 2.75) is 6.92 Å². The molecule has 0 aliphatic heterocycles. The Kier molecular flexibility index (Phi) is 2.33. The second-order valence-corrected chi connectivity index (χ2v) is 5.41. The van der Waals surface area contributed by atoms with E-state index >= 15 is 0 Å². The van der Waals surface area contributed by atoms with Crippen molar-refractivity contribution >= 4 is 32.2 Å². The number of thiazole rings is 1. The van der Waals surface area contributed by atoms with E-state index in [-0.39, 0.29) is 0 Å². The first-order chi connectivity index (χ1) is 7.74. The Morgan fingerprint density at radius 2 is 2.00 bits per heavy atom. The maximum absolute atomic E-state index is 4.60. The van der Waals surface area contributed by atoms with Crippen molar-refractivity contribution in [2.24, 2.45) is 0 Å². The van der Waals surface area contributed by atoms with Crippen LogP contribution in [0.4, 0.5) is 0 Å². The van der Waals surface area contributed by atoms with Crippen LogP contribution in [-0.2, 0) is 0 Å². The van der Waals surface area contributed by atoms with Gasteiger partial charge in [-0.1, -0.05) is 28.1 Å². The van der Waals surface area contributed by atoms with E-state index in [1.54, 1.807) is 11.3 Å². The quantitative estimate of drug-likeness (QED) is 0.659. The lowest BCUT2D eigenvalue weighted by Gasteiger charge is -1.95. The zero-order valence-corrected chi connectivity index (χ0v) is 11.0. The molecule has 0 radical (unpaired) electrons. The van der Waals surface area contributed by atoms with Crippen LogP contribution in [0.3, 0.4) is 0 Å². The third kappa shape index (κ3) is 1.58. The minimum Gasteiger partial charge on any atom is -0.294 e. The second kappa shape index (κ2) is 3.71. The summed E-state index contributed by atoms with van der Waals surface area (Å²) in [7, 11) is 0. The number of hydrogen-bond donors (Lipinski definition) is 0. The lowest BCUT2D eigenvalue weighted by Crippen LogP contribution is -1.78. The first kappa shape index (κ1) is 10.1. The van der Waals surface area contributed by atoms with E-state index in [0.29, 0.717) is 0 Å². The molecule has 0 amide bonds. The number of benzene rings is 1. The van der Waals surface area contributed by atoms with Gasteiger partial charge in [0.25, 0.3) is 0 Å². The highest BCUT2D eigenvalue weighted by molar-refractivity contribution is 9.10. The molecule has 0 aliphatic carbocycles. The number of rotatable bonds is 1. The molecule has 0 N–H and O–H groups in total. The van der Waals surface area contributed by atoms with Gasteiger partial charge in [0.15, 0.2) is 4.96 Å². The summed E-state index contributed by atoms with van der Waals surface area (Å²) in [5.74, 6) is 0. The predicted octanol–water partition coefficient (Wildman–Crippen LogP) is 4.13. The summed E-state index contributed by atoms with van der Waals surface area (Å²) in [5.41, 5.74) is 3.41. The molecule has 0 aliphatic rings. The molecular weight excluding hydrogens is 284 g/mol. The van der Waals surface area contributed by atoms with Crippen molar-refractivity contribution < 1.29 is 0 Å². The van der Waals surface area contributed by atoms with Gasteiger partial charge in [0.05, 0.1) is 5.69 Å². The van der Waals surface area contributed by atoms with Crippen LogP contribution in [0.5, 0.6) is 0 Å². The number of hydrogen-bond acceptors (Lipinski definition) is 2. The van der Waals surface area contributed by atoms with Crippen molar-refractivity contribution in [3.8, 4) is 11.3 Å². The average molecular weight is 293 g/mol. The normalized spacial score (nSPS) is 11.1. The highest BCUT2D eigenvalue weighted by Crippen LogP contribution is 2.24. The van der Waals surface area contributed by atoms with Crippen LogP contribution >= 0.6 is 27.3 Å². The molecule has 16 heavy (non-hydrogen) atoms. The highest BCUT2D eigenvalue weighted by Gasteiger charge is 2.06. The van der Waals surface area contributed by atoms with Crippen LogP contribution in [0.2, 0.25) is 0 Å². The molecule has 0 bridgehead atoms. The molecule has 2 nitrogen and oxygen atoms in total. The number of aromatic nitrogens is 2. The lowest BCUT2D eigenvalue weighted by molar-refractivity contribution is 1.13. The number of halogens is 1. The molecule has 1 aromatic carbocycles. The van der Waals surface area contributed by atoms with E-state index in [9.17, 15) is 0 Å². The smallest absolute Gasteiger partial charge is 0.194 e. The van der Waals surface area contributed by atoms with Gasteiger partial charge in [-0.3, -0.25) is 4.40 Å². The van der Waals surface area contributed by atoms with Gasteiger partial charge in [-0.05, 0) is 19.1 Å². The van der Waals surface area contributed by atoms with Gasteiger partial charge in [-0.15, -0.1) is 11.3 Å². The fraction of sp³-hybridized carbons (Fsp3) is 0.0833. The van der Waals surface area contributed by atoms with Gasteiger partial charge < -0.3 is 0 Å². The van der Waals surface area contributed by atoms with Gasteiger partial charge in [0.1, 0.15) is 0 Å². The largest absolute Gasteiger partial charge is 0.294 e. The van der Waals surface area contributed by atoms with Crippen LogP contribution in [0.15, 0.2) is 40.3 Å². The van der Waals surface area contributed by atoms with E-state index < -0.39 is 0 Å². The SMILES string of the molecule is Cc1csc2nc(-c3ccc(Br)cc3)cn12. The van der Waals surface area contributed by atoms with Crippen LogP contribution in [0.25, 0.3) is 16.2 Å². The van der Waals surface area contributed by atoms with Gasteiger partial charge in [0, 0.05) is 27.3 Å². The molecule has 4 heteroatoms. The average Bonchev–Trinajstić information content (AvgIpc) is 2.83. The van der Waals surface area contributed by atoms with Crippen LogP contribution in [0, 0.1) is 6.92 Å². The third-order valence-corrected chi connectivity index (χ3v) is 4.01. The van der Waals surface area contributed by atoms with Gasteiger partial charge >= 0.3 is 0 Å². The topological polar surface area (TPSA) is 17.3 Å². The van der Waals surface area contributed by atoms with E-state index in [0.717, 1.165) is 20.7 Å².